The summed E-state index contributed by atoms with van der Waals surface area (Å²) in [6.07, 6.45) is -0.776. The minimum Gasteiger partial charge on any atom is -0.467 e. The Kier molecular flexibility index (Phi) is 2.95. The fourth-order valence-electron chi connectivity index (χ4n) is 1.67. The van der Waals surface area contributed by atoms with Crippen molar-refractivity contribution in [3.05, 3.63) is 34.5 Å². The minimum atomic E-state index is -4.05. The second kappa shape index (κ2) is 4.18. The maximum absolute atomic E-state index is 13.0. The van der Waals surface area contributed by atoms with E-state index in [-0.39, 0.29) is 10.5 Å². The number of esters is 1. The number of rotatable bonds is 2. The Labute approximate surface area is 102 Å². The van der Waals surface area contributed by atoms with Crippen molar-refractivity contribution in [1.82, 2.24) is 0 Å². The third-order valence-corrected chi connectivity index (χ3v) is 4.46. The third kappa shape index (κ3) is 1.81. The Bertz CT molecular complexity index is 647. The van der Waals surface area contributed by atoms with Gasteiger partial charge in [-0.1, -0.05) is 6.07 Å². The highest BCUT2D eigenvalue weighted by molar-refractivity contribution is 7.96. The topological polar surface area (TPSA) is 80.7 Å². The van der Waals surface area contributed by atoms with Gasteiger partial charge in [-0.2, -0.15) is 0 Å². The van der Waals surface area contributed by atoms with E-state index < -0.39 is 32.6 Å². The molecular weight excluding hydrogens is 263 g/mol. The Morgan fingerprint density at radius 2 is 2.11 bits per heavy atom. The first-order valence-electron chi connectivity index (χ1n) is 4.90. The van der Waals surface area contributed by atoms with E-state index in [1.807, 2.05) is 0 Å². The van der Waals surface area contributed by atoms with Crippen molar-refractivity contribution in [3.63, 3.8) is 0 Å². The summed E-state index contributed by atoms with van der Waals surface area (Å²) in [6.45, 7) is 0. The van der Waals surface area contributed by atoms with Crippen LogP contribution < -0.4 is 0 Å². The maximum atomic E-state index is 13.0. The molecule has 1 heterocycles. The number of benzene rings is 1. The molecule has 0 bridgehead atoms. The van der Waals surface area contributed by atoms with Crippen LogP contribution in [0.2, 0.25) is 0 Å². The lowest BCUT2D eigenvalue weighted by molar-refractivity contribution is -0.147. The van der Waals surface area contributed by atoms with Crippen LogP contribution in [0.1, 0.15) is 5.56 Å². The fourth-order valence-corrected chi connectivity index (χ4v) is 3.30. The summed E-state index contributed by atoms with van der Waals surface area (Å²) in [4.78, 5) is 10.4. The molecule has 0 fully saturated rings. The normalized spacial score (nSPS) is 17.8. The Balaban J connectivity index is 2.54. The molecule has 18 heavy (non-hydrogen) atoms. The third-order valence-electron chi connectivity index (χ3n) is 2.57. The van der Waals surface area contributed by atoms with Crippen molar-refractivity contribution >= 4 is 21.9 Å². The molecule has 1 unspecified atom stereocenters. The van der Waals surface area contributed by atoms with Gasteiger partial charge in [-0.25, -0.2) is 17.6 Å². The van der Waals surface area contributed by atoms with E-state index in [9.17, 15) is 22.7 Å². The molecular formula is C11H9FO5S. The molecule has 0 saturated heterocycles. The minimum absolute atomic E-state index is 0.231. The quantitative estimate of drug-likeness (QED) is 0.792. The number of carbonyl (C=O) groups excluding carboxylic acids is 1. The van der Waals surface area contributed by atoms with Gasteiger partial charge in [0.05, 0.1) is 16.9 Å². The predicted octanol–water partition coefficient (Wildman–Crippen LogP) is 0.488. The first-order chi connectivity index (χ1) is 8.37. The molecule has 5 nitrogen and oxygen atoms in total. The zero-order chi connectivity index (χ0) is 13.5. The average molecular weight is 272 g/mol. The number of sulfone groups is 1. The number of ether oxygens (including phenoxy) is 1. The molecule has 96 valence electrons. The van der Waals surface area contributed by atoms with E-state index in [0.717, 1.165) is 25.3 Å². The summed E-state index contributed by atoms with van der Waals surface area (Å²) < 4.78 is 41.3. The van der Waals surface area contributed by atoms with E-state index in [4.69, 9.17) is 0 Å². The van der Waals surface area contributed by atoms with Gasteiger partial charge in [-0.3, -0.25) is 0 Å². The summed E-state index contributed by atoms with van der Waals surface area (Å²) in [6, 6.07) is 3.20. The SMILES string of the molecule is COC(=O)C(O)C1=Cc2ccc(F)cc2S1(=O)=O. The molecule has 1 aliphatic rings. The van der Waals surface area contributed by atoms with Crippen LogP contribution in [0.15, 0.2) is 28.0 Å². The molecule has 0 aromatic heterocycles. The number of hydrogen-bond acceptors (Lipinski definition) is 5. The molecule has 0 spiro atoms. The molecule has 0 saturated carbocycles. The van der Waals surface area contributed by atoms with E-state index in [2.05, 4.69) is 4.74 Å². The Morgan fingerprint density at radius 1 is 1.44 bits per heavy atom. The van der Waals surface area contributed by atoms with Gasteiger partial charge in [-0.15, -0.1) is 0 Å². The number of methoxy groups -OCH3 is 1. The van der Waals surface area contributed by atoms with E-state index in [0.29, 0.717) is 0 Å². The highest BCUT2D eigenvalue weighted by Crippen LogP contribution is 2.35. The molecule has 1 N–H and O–H groups in total. The molecule has 0 amide bonds. The lowest BCUT2D eigenvalue weighted by atomic mass is 10.2. The lowest BCUT2D eigenvalue weighted by Crippen LogP contribution is -2.26. The largest absolute Gasteiger partial charge is 0.467 e. The van der Waals surface area contributed by atoms with Crippen LogP contribution in [-0.4, -0.2) is 32.7 Å². The van der Waals surface area contributed by atoms with E-state index in [1.165, 1.54) is 6.07 Å². The van der Waals surface area contributed by atoms with Gasteiger partial charge >= 0.3 is 5.97 Å². The van der Waals surface area contributed by atoms with Crippen molar-refractivity contribution < 1.29 is 27.4 Å². The van der Waals surface area contributed by atoms with Crippen LogP contribution in [0.5, 0.6) is 0 Å². The summed E-state index contributed by atoms with van der Waals surface area (Å²) in [5, 5.41) is 9.58. The van der Waals surface area contributed by atoms with Crippen LogP contribution >= 0.6 is 0 Å². The second-order valence-corrected chi connectivity index (χ2v) is 5.58. The summed E-state index contributed by atoms with van der Waals surface area (Å²) in [5.41, 5.74) is 0.231. The second-order valence-electron chi connectivity index (χ2n) is 3.66. The molecule has 2 rings (SSSR count). The van der Waals surface area contributed by atoms with Crippen LogP contribution in [-0.2, 0) is 19.4 Å². The van der Waals surface area contributed by atoms with Gasteiger partial charge in [0, 0.05) is 0 Å². The van der Waals surface area contributed by atoms with E-state index in [1.54, 1.807) is 0 Å². The van der Waals surface area contributed by atoms with Gasteiger partial charge in [-0.05, 0) is 23.8 Å². The predicted molar refractivity (Wildman–Crippen MR) is 59.6 cm³/mol. The van der Waals surface area contributed by atoms with Gasteiger partial charge in [0.25, 0.3) is 0 Å². The highest BCUT2D eigenvalue weighted by Gasteiger charge is 2.37. The van der Waals surface area contributed by atoms with Crippen LogP contribution in [0.4, 0.5) is 4.39 Å². The first-order valence-corrected chi connectivity index (χ1v) is 6.38. The van der Waals surface area contributed by atoms with Gasteiger partial charge in [0.1, 0.15) is 5.82 Å². The van der Waals surface area contributed by atoms with E-state index >= 15 is 0 Å². The molecule has 0 radical (unpaired) electrons. The van der Waals surface area contributed by atoms with Crippen LogP contribution in [0.3, 0.4) is 0 Å². The molecule has 1 aromatic carbocycles. The van der Waals surface area contributed by atoms with Gasteiger partial charge in [0.15, 0.2) is 6.10 Å². The number of halogens is 1. The maximum Gasteiger partial charge on any atom is 0.340 e. The van der Waals surface area contributed by atoms with Crippen molar-refractivity contribution in [2.45, 2.75) is 11.0 Å². The zero-order valence-corrected chi connectivity index (χ0v) is 10.1. The highest BCUT2D eigenvalue weighted by atomic mass is 32.2. The number of carbonyl (C=O) groups is 1. The summed E-state index contributed by atoms with van der Waals surface area (Å²) in [7, 11) is -3.02. The summed E-state index contributed by atoms with van der Waals surface area (Å²) >= 11 is 0. The van der Waals surface area contributed by atoms with Crippen molar-refractivity contribution in [2.75, 3.05) is 7.11 Å². The number of hydrogen-bond donors (Lipinski definition) is 1. The number of aliphatic hydroxyl groups excluding tert-OH is 1. The number of fused-ring (bicyclic) bond motifs is 1. The summed E-state index contributed by atoms with van der Waals surface area (Å²) in [5.74, 6) is -1.79. The lowest BCUT2D eigenvalue weighted by Gasteiger charge is -2.09. The van der Waals surface area contributed by atoms with Crippen molar-refractivity contribution in [2.24, 2.45) is 0 Å². The van der Waals surface area contributed by atoms with Crippen molar-refractivity contribution in [1.29, 1.82) is 0 Å². The zero-order valence-electron chi connectivity index (χ0n) is 9.25. The Morgan fingerprint density at radius 3 is 2.72 bits per heavy atom. The van der Waals surface area contributed by atoms with Crippen molar-refractivity contribution in [3.8, 4) is 0 Å². The fraction of sp³-hybridized carbons (Fsp3) is 0.182. The molecule has 1 aliphatic heterocycles. The number of aliphatic hydroxyl groups is 1. The van der Waals surface area contributed by atoms with Crippen LogP contribution in [0, 0.1) is 5.82 Å². The standard InChI is InChI=1S/C11H9FO5S/c1-17-11(14)10(13)9-4-6-2-3-7(12)5-8(6)18(9,15)16/h2-5,10,13H,1H3. The smallest absolute Gasteiger partial charge is 0.340 e. The first kappa shape index (κ1) is 12.7. The van der Waals surface area contributed by atoms with Gasteiger partial charge in [0.2, 0.25) is 9.84 Å². The Hall–Kier alpha value is -1.73. The molecule has 7 heteroatoms. The van der Waals surface area contributed by atoms with Crippen LogP contribution in [0.25, 0.3) is 6.08 Å². The molecule has 1 aromatic rings. The monoisotopic (exact) mass is 272 g/mol. The molecule has 1 atom stereocenters. The van der Waals surface area contributed by atoms with Gasteiger partial charge < -0.3 is 9.84 Å². The molecule has 0 aliphatic carbocycles. The average Bonchev–Trinajstić information content (AvgIpc) is 2.59.